The molecular formula is C14H17BrN2O4. The normalized spacial score (nSPS) is 17.5. The number of anilines is 1. The van der Waals surface area contributed by atoms with Crippen molar-refractivity contribution in [2.75, 3.05) is 25.5 Å². The van der Waals surface area contributed by atoms with Crippen LogP contribution >= 0.6 is 15.9 Å². The summed E-state index contributed by atoms with van der Waals surface area (Å²) >= 11 is 3.26. The topological polar surface area (TPSA) is 78.9 Å². The van der Waals surface area contributed by atoms with Crippen molar-refractivity contribution in [1.82, 2.24) is 4.90 Å². The van der Waals surface area contributed by atoms with Crippen molar-refractivity contribution in [3.63, 3.8) is 0 Å². The fraction of sp³-hybridized carbons (Fsp3) is 0.429. The van der Waals surface area contributed by atoms with Crippen molar-refractivity contribution >= 4 is 33.6 Å². The summed E-state index contributed by atoms with van der Waals surface area (Å²) in [6.07, 6.45) is 2.00. The molecule has 21 heavy (non-hydrogen) atoms. The summed E-state index contributed by atoms with van der Waals surface area (Å²) in [4.78, 5) is 24.9. The van der Waals surface area contributed by atoms with Gasteiger partial charge >= 0.3 is 12.0 Å². The molecule has 1 atom stereocenters. The molecule has 0 saturated carbocycles. The van der Waals surface area contributed by atoms with E-state index < -0.39 is 5.97 Å². The van der Waals surface area contributed by atoms with E-state index in [0.717, 1.165) is 19.4 Å². The highest BCUT2D eigenvalue weighted by Gasteiger charge is 2.22. The van der Waals surface area contributed by atoms with Crippen LogP contribution in [-0.4, -0.2) is 48.3 Å². The molecule has 2 rings (SSSR count). The van der Waals surface area contributed by atoms with E-state index >= 15 is 0 Å². The number of likely N-dealkylation sites (N-methyl/N-ethyl adjacent to an activating group) is 1. The lowest BCUT2D eigenvalue weighted by atomic mass is 10.2. The summed E-state index contributed by atoms with van der Waals surface area (Å²) in [6.45, 7) is 1.21. The zero-order valence-corrected chi connectivity index (χ0v) is 13.2. The molecule has 0 bridgehead atoms. The minimum Gasteiger partial charge on any atom is -0.478 e. The molecule has 1 aliphatic rings. The Morgan fingerprint density at radius 3 is 2.90 bits per heavy atom. The van der Waals surface area contributed by atoms with Gasteiger partial charge in [0.05, 0.1) is 17.4 Å². The van der Waals surface area contributed by atoms with Crippen LogP contribution in [0.2, 0.25) is 0 Å². The standard InChI is InChI=1S/C14H17BrN2O4/c1-17(8-9-4-3-7-21-9)14(20)16-12-10(13(18)19)5-2-6-11(12)15/h2,5-6,9H,3-4,7-8H2,1H3,(H,16,20)(H,18,19). The van der Waals surface area contributed by atoms with E-state index in [1.165, 1.54) is 11.0 Å². The van der Waals surface area contributed by atoms with Gasteiger partial charge in [0.15, 0.2) is 0 Å². The molecule has 2 amide bonds. The number of ether oxygens (including phenoxy) is 1. The molecule has 1 fully saturated rings. The number of carbonyl (C=O) groups excluding carboxylic acids is 1. The Hall–Kier alpha value is -1.60. The average molecular weight is 357 g/mol. The lowest BCUT2D eigenvalue weighted by Gasteiger charge is -2.22. The zero-order valence-electron chi connectivity index (χ0n) is 11.6. The molecule has 1 saturated heterocycles. The summed E-state index contributed by atoms with van der Waals surface area (Å²) in [5.41, 5.74) is 0.303. The Morgan fingerprint density at radius 1 is 1.52 bits per heavy atom. The molecule has 1 heterocycles. The summed E-state index contributed by atoms with van der Waals surface area (Å²) in [5, 5.41) is 11.8. The second kappa shape index (κ2) is 6.91. The van der Waals surface area contributed by atoms with Gasteiger partial charge in [-0.2, -0.15) is 0 Å². The van der Waals surface area contributed by atoms with Crippen LogP contribution in [0.15, 0.2) is 22.7 Å². The minimum absolute atomic E-state index is 0.0447. The van der Waals surface area contributed by atoms with E-state index in [1.807, 2.05) is 0 Å². The predicted molar refractivity (Wildman–Crippen MR) is 81.7 cm³/mol. The fourth-order valence-corrected chi connectivity index (χ4v) is 2.67. The van der Waals surface area contributed by atoms with Crippen LogP contribution in [-0.2, 0) is 4.74 Å². The van der Waals surface area contributed by atoms with Crippen LogP contribution < -0.4 is 5.32 Å². The van der Waals surface area contributed by atoms with E-state index in [-0.39, 0.29) is 23.4 Å². The van der Waals surface area contributed by atoms with Crippen LogP contribution in [0.3, 0.4) is 0 Å². The van der Waals surface area contributed by atoms with E-state index in [4.69, 9.17) is 9.84 Å². The maximum Gasteiger partial charge on any atom is 0.337 e. The number of amides is 2. The Bertz CT molecular complexity index is 544. The zero-order chi connectivity index (χ0) is 15.4. The lowest BCUT2D eigenvalue weighted by molar-refractivity contribution is 0.0697. The van der Waals surface area contributed by atoms with Gasteiger partial charge in [0.25, 0.3) is 0 Å². The largest absolute Gasteiger partial charge is 0.478 e. The molecule has 0 aromatic heterocycles. The van der Waals surface area contributed by atoms with Crippen molar-refractivity contribution in [3.8, 4) is 0 Å². The smallest absolute Gasteiger partial charge is 0.337 e. The number of benzene rings is 1. The second-order valence-corrected chi connectivity index (χ2v) is 5.77. The van der Waals surface area contributed by atoms with Gasteiger partial charge in [0, 0.05) is 24.7 Å². The van der Waals surface area contributed by atoms with E-state index in [2.05, 4.69) is 21.2 Å². The molecule has 114 valence electrons. The number of carbonyl (C=O) groups is 2. The number of hydrogen-bond donors (Lipinski definition) is 2. The first-order chi connectivity index (χ1) is 9.99. The number of carboxylic acids is 1. The van der Waals surface area contributed by atoms with Gasteiger partial charge in [-0.15, -0.1) is 0 Å². The Labute approximate surface area is 131 Å². The van der Waals surface area contributed by atoms with Gasteiger partial charge in [0.2, 0.25) is 0 Å². The van der Waals surface area contributed by atoms with Crippen LogP contribution in [0.1, 0.15) is 23.2 Å². The summed E-state index contributed by atoms with van der Waals surface area (Å²) < 4.78 is 6.01. The molecule has 7 heteroatoms. The molecule has 0 spiro atoms. The van der Waals surface area contributed by atoms with Crippen LogP contribution in [0.25, 0.3) is 0 Å². The number of halogens is 1. The molecule has 2 N–H and O–H groups in total. The maximum atomic E-state index is 12.2. The van der Waals surface area contributed by atoms with Gasteiger partial charge in [-0.1, -0.05) is 6.07 Å². The van der Waals surface area contributed by atoms with E-state index in [9.17, 15) is 9.59 Å². The number of urea groups is 1. The summed E-state index contributed by atoms with van der Waals surface area (Å²) in [7, 11) is 1.66. The SMILES string of the molecule is CN(CC1CCCO1)C(=O)Nc1c(Br)cccc1C(=O)O. The number of hydrogen-bond acceptors (Lipinski definition) is 3. The molecule has 0 aliphatic carbocycles. The average Bonchev–Trinajstić information content (AvgIpc) is 2.93. The maximum absolute atomic E-state index is 12.2. The highest BCUT2D eigenvalue weighted by atomic mass is 79.9. The molecule has 1 aromatic carbocycles. The van der Waals surface area contributed by atoms with Crippen molar-refractivity contribution in [1.29, 1.82) is 0 Å². The molecule has 6 nitrogen and oxygen atoms in total. The van der Waals surface area contributed by atoms with Crippen LogP contribution in [0.4, 0.5) is 10.5 Å². The fourth-order valence-electron chi connectivity index (χ4n) is 2.21. The Morgan fingerprint density at radius 2 is 2.29 bits per heavy atom. The molecule has 1 aliphatic heterocycles. The molecule has 0 radical (unpaired) electrons. The van der Waals surface area contributed by atoms with Gasteiger partial charge < -0.3 is 20.1 Å². The minimum atomic E-state index is -1.09. The van der Waals surface area contributed by atoms with Gasteiger partial charge in [-0.05, 0) is 40.9 Å². The number of carboxylic acid groups (broad SMARTS) is 1. The number of para-hydroxylation sites is 1. The predicted octanol–water partition coefficient (Wildman–Crippen LogP) is 2.79. The number of aromatic carboxylic acids is 1. The van der Waals surface area contributed by atoms with Crippen LogP contribution in [0, 0.1) is 0 Å². The highest BCUT2D eigenvalue weighted by Crippen LogP contribution is 2.27. The summed E-state index contributed by atoms with van der Waals surface area (Å²) in [5.74, 6) is -1.09. The summed E-state index contributed by atoms with van der Waals surface area (Å²) in [6, 6.07) is 4.38. The van der Waals surface area contributed by atoms with E-state index in [0.29, 0.717) is 11.0 Å². The van der Waals surface area contributed by atoms with Crippen molar-refractivity contribution < 1.29 is 19.4 Å². The number of nitrogens with one attached hydrogen (secondary N) is 1. The van der Waals surface area contributed by atoms with Crippen molar-refractivity contribution in [3.05, 3.63) is 28.2 Å². The van der Waals surface area contributed by atoms with Gasteiger partial charge in [0.1, 0.15) is 0 Å². The Kier molecular flexibility index (Phi) is 5.19. The Balaban J connectivity index is 2.06. The lowest BCUT2D eigenvalue weighted by Crippen LogP contribution is -2.37. The second-order valence-electron chi connectivity index (χ2n) is 4.91. The molecule has 1 aromatic rings. The molecule has 1 unspecified atom stereocenters. The quantitative estimate of drug-likeness (QED) is 0.869. The number of nitrogens with zero attached hydrogens (tertiary/aromatic N) is 1. The third kappa shape index (κ3) is 3.95. The third-order valence-corrected chi connectivity index (χ3v) is 3.98. The monoisotopic (exact) mass is 356 g/mol. The number of rotatable bonds is 4. The first kappa shape index (κ1) is 15.8. The first-order valence-electron chi connectivity index (χ1n) is 6.64. The van der Waals surface area contributed by atoms with Crippen LogP contribution in [0.5, 0.6) is 0 Å². The highest BCUT2D eigenvalue weighted by molar-refractivity contribution is 9.10. The van der Waals surface area contributed by atoms with Gasteiger partial charge in [-0.3, -0.25) is 0 Å². The molecular weight excluding hydrogens is 340 g/mol. The first-order valence-corrected chi connectivity index (χ1v) is 7.44. The van der Waals surface area contributed by atoms with E-state index in [1.54, 1.807) is 19.2 Å². The van der Waals surface area contributed by atoms with Crippen molar-refractivity contribution in [2.45, 2.75) is 18.9 Å². The van der Waals surface area contributed by atoms with Gasteiger partial charge in [-0.25, -0.2) is 9.59 Å². The van der Waals surface area contributed by atoms with Crippen molar-refractivity contribution in [2.24, 2.45) is 0 Å². The third-order valence-electron chi connectivity index (χ3n) is 3.32.